The first-order chi connectivity index (χ1) is 18.3. The van der Waals surface area contributed by atoms with E-state index in [9.17, 15) is 20.4 Å². The molecule has 0 saturated carbocycles. The molecule has 5 rings (SSSR count). The van der Waals surface area contributed by atoms with E-state index in [1.165, 1.54) is 0 Å². The lowest BCUT2D eigenvalue weighted by atomic mass is 9.67. The highest BCUT2D eigenvalue weighted by Gasteiger charge is 2.38. The van der Waals surface area contributed by atoms with Crippen molar-refractivity contribution in [3.8, 4) is 23.0 Å². The maximum Gasteiger partial charge on any atom is 0.120 e. The molecule has 0 saturated heterocycles. The van der Waals surface area contributed by atoms with Crippen LogP contribution in [-0.4, -0.2) is 20.4 Å². The van der Waals surface area contributed by atoms with Crippen LogP contribution in [0.2, 0.25) is 0 Å². The van der Waals surface area contributed by atoms with E-state index in [0.717, 1.165) is 11.1 Å². The molecular formula is C34H30O4. The van der Waals surface area contributed by atoms with Gasteiger partial charge in [-0.05, 0) is 49.2 Å². The van der Waals surface area contributed by atoms with E-state index in [0.29, 0.717) is 22.3 Å². The van der Waals surface area contributed by atoms with Gasteiger partial charge in [0.15, 0.2) is 0 Å². The van der Waals surface area contributed by atoms with Gasteiger partial charge >= 0.3 is 0 Å². The van der Waals surface area contributed by atoms with E-state index in [1.807, 2.05) is 86.6 Å². The summed E-state index contributed by atoms with van der Waals surface area (Å²) in [5.41, 5.74) is 2.65. The fourth-order valence-corrected chi connectivity index (χ4v) is 5.63. The van der Waals surface area contributed by atoms with Crippen molar-refractivity contribution < 1.29 is 20.4 Å². The summed E-state index contributed by atoms with van der Waals surface area (Å²) in [7, 11) is 0. The number of benzene rings is 5. The Morgan fingerprint density at radius 3 is 0.763 bits per heavy atom. The standard InChI is InChI=1S/C34H30O4/c1-33(25-11-3-7-15-29(25)35,26-12-4-8-16-30(26)36)23-19-21-24(22-20-23)34(2,27-13-5-9-17-31(27)37)28-14-6-10-18-32(28)38/h3-22,35-38H,1-2H3. The molecule has 0 unspecified atom stereocenters. The van der Waals surface area contributed by atoms with Crippen LogP contribution in [0.5, 0.6) is 23.0 Å². The molecule has 5 aromatic carbocycles. The molecule has 0 aromatic heterocycles. The molecule has 4 nitrogen and oxygen atoms in total. The summed E-state index contributed by atoms with van der Waals surface area (Å²) < 4.78 is 0. The van der Waals surface area contributed by atoms with Gasteiger partial charge in [-0.3, -0.25) is 0 Å². The van der Waals surface area contributed by atoms with Gasteiger partial charge in [0.1, 0.15) is 23.0 Å². The fourth-order valence-electron chi connectivity index (χ4n) is 5.63. The second kappa shape index (κ2) is 9.64. The molecule has 0 atom stereocenters. The van der Waals surface area contributed by atoms with E-state index in [1.54, 1.807) is 48.5 Å². The molecule has 5 aromatic rings. The molecule has 0 fully saturated rings. The first-order valence-corrected chi connectivity index (χ1v) is 12.5. The van der Waals surface area contributed by atoms with Crippen molar-refractivity contribution in [3.05, 3.63) is 155 Å². The summed E-state index contributed by atoms with van der Waals surface area (Å²) in [6.45, 7) is 3.97. The summed E-state index contributed by atoms with van der Waals surface area (Å²) in [5, 5.41) is 43.5. The second-order valence-corrected chi connectivity index (χ2v) is 9.90. The van der Waals surface area contributed by atoms with Crippen LogP contribution in [0.4, 0.5) is 0 Å². The third kappa shape index (κ3) is 3.95. The normalized spacial score (nSPS) is 11.8. The second-order valence-electron chi connectivity index (χ2n) is 9.90. The first kappa shape index (κ1) is 25.0. The Bertz CT molecular complexity index is 1380. The van der Waals surface area contributed by atoms with Crippen molar-refractivity contribution in [1.82, 2.24) is 0 Å². The molecule has 4 heteroatoms. The number of hydrogen-bond acceptors (Lipinski definition) is 4. The topological polar surface area (TPSA) is 80.9 Å². The van der Waals surface area contributed by atoms with E-state index in [-0.39, 0.29) is 23.0 Å². The van der Waals surface area contributed by atoms with Crippen LogP contribution in [0.25, 0.3) is 0 Å². The van der Waals surface area contributed by atoms with Crippen molar-refractivity contribution >= 4 is 0 Å². The zero-order chi connectivity index (χ0) is 26.9. The van der Waals surface area contributed by atoms with E-state index in [2.05, 4.69) is 0 Å². The molecule has 0 heterocycles. The number of rotatable bonds is 6. The Morgan fingerprint density at radius 2 is 0.553 bits per heavy atom. The zero-order valence-corrected chi connectivity index (χ0v) is 21.3. The Labute approximate surface area is 222 Å². The summed E-state index contributed by atoms with van der Waals surface area (Å²) in [6, 6.07) is 36.5. The first-order valence-electron chi connectivity index (χ1n) is 12.5. The van der Waals surface area contributed by atoms with Crippen molar-refractivity contribution in [1.29, 1.82) is 0 Å². The minimum Gasteiger partial charge on any atom is -0.508 e. The Hall–Kier alpha value is -4.70. The molecule has 0 aliphatic heterocycles. The average molecular weight is 503 g/mol. The monoisotopic (exact) mass is 502 g/mol. The van der Waals surface area contributed by atoms with Crippen LogP contribution in [0.1, 0.15) is 47.2 Å². The number of para-hydroxylation sites is 4. The van der Waals surface area contributed by atoms with Crippen LogP contribution in [0.15, 0.2) is 121 Å². The van der Waals surface area contributed by atoms with Crippen molar-refractivity contribution in [2.24, 2.45) is 0 Å². The molecular weight excluding hydrogens is 472 g/mol. The van der Waals surface area contributed by atoms with Gasteiger partial charge in [0.2, 0.25) is 0 Å². The van der Waals surface area contributed by atoms with Crippen molar-refractivity contribution in [2.45, 2.75) is 24.7 Å². The predicted octanol–water partition coefficient (Wildman–Crippen LogP) is 7.22. The highest BCUT2D eigenvalue weighted by molar-refractivity contribution is 5.61. The summed E-state index contributed by atoms with van der Waals surface area (Å²) in [6.07, 6.45) is 0. The predicted molar refractivity (Wildman–Crippen MR) is 150 cm³/mol. The van der Waals surface area contributed by atoms with Crippen LogP contribution in [0.3, 0.4) is 0 Å². The number of phenols is 4. The highest BCUT2D eigenvalue weighted by atomic mass is 16.3. The molecule has 0 aliphatic rings. The van der Waals surface area contributed by atoms with Crippen LogP contribution in [-0.2, 0) is 10.8 Å². The molecule has 0 aliphatic carbocycles. The van der Waals surface area contributed by atoms with E-state index >= 15 is 0 Å². The molecule has 0 bridgehead atoms. The van der Waals surface area contributed by atoms with Gasteiger partial charge in [-0.2, -0.15) is 0 Å². The lowest BCUT2D eigenvalue weighted by Crippen LogP contribution is -2.28. The largest absolute Gasteiger partial charge is 0.508 e. The van der Waals surface area contributed by atoms with Crippen molar-refractivity contribution in [2.75, 3.05) is 0 Å². The number of hydrogen-bond donors (Lipinski definition) is 4. The lowest BCUT2D eigenvalue weighted by Gasteiger charge is -2.35. The number of aromatic hydroxyl groups is 4. The lowest BCUT2D eigenvalue weighted by molar-refractivity contribution is 0.440. The molecule has 38 heavy (non-hydrogen) atoms. The van der Waals surface area contributed by atoms with Gasteiger partial charge in [-0.1, -0.05) is 97.1 Å². The molecule has 0 spiro atoms. The Morgan fingerprint density at radius 1 is 0.342 bits per heavy atom. The quantitative estimate of drug-likeness (QED) is 0.185. The summed E-state index contributed by atoms with van der Waals surface area (Å²) >= 11 is 0. The minimum atomic E-state index is -0.866. The fraction of sp³-hybridized carbons (Fsp3) is 0.118. The number of phenolic OH excluding ortho intramolecular Hbond substituents is 4. The van der Waals surface area contributed by atoms with Gasteiger partial charge in [0.05, 0.1) is 0 Å². The Kier molecular flexibility index (Phi) is 6.33. The van der Waals surface area contributed by atoms with Gasteiger partial charge in [0.25, 0.3) is 0 Å². The molecule has 0 amide bonds. The van der Waals surface area contributed by atoms with Gasteiger partial charge in [-0.15, -0.1) is 0 Å². The van der Waals surface area contributed by atoms with Crippen LogP contribution < -0.4 is 0 Å². The maximum atomic E-state index is 10.9. The van der Waals surface area contributed by atoms with Crippen molar-refractivity contribution in [3.63, 3.8) is 0 Å². The maximum absolute atomic E-state index is 10.9. The van der Waals surface area contributed by atoms with Gasteiger partial charge in [0, 0.05) is 33.1 Å². The molecule has 0 radical (unpaired) electrons. The van der Waals surface area contributed by atoms with E-state index in [4.69, 9.17) is 0 Å². The summed E-state index contributed by atoms with van der Waals surface area (Å²) in [5.74, 6) is 0.539. The third-order valence-electron chi connectivity index (χ3n) is 7.81. The Balaban J connectivity index is 1.73. The highest BCUT2D eigenvalue weighted by Crippen LogP contribution is 2.48. The van der Waals surface area contributed by atoms with Crippen LogP contribution >= 0.6 is 0 Å². The minimum absolute atomic E-state index is 0.135. The van der Waals surface area contributed by atoms with Crippen LogP contribution in [0, 0.1) is 0 Å². The zero-order valence-electron chi connectivity index (χ0n) is 21.3. The van der Waals surface area contributed by atoms with E-state index < -0.39 is 10.8 Å². The van der Waals surface area contributed by atoms with Gasteiger partial charge in [-0.25, -0.2) is 0 Å². The third-order valence-corrected chi connectivity index (χ3v) is 7.81. The smallest absolute Gasteiger partial charge is 0.120 e. The van der Waals surface area contributed by atoms with Gasteiger partial charge < -0.3 is 20.4 Å². The molecule has 190 valence electrons. The average Bonchev–Trinajstić information content (AvgIpc) is 2.93. The SMILES string of the molecule is CC(c1ccc(C(C)(c2ccccc2O)c2ccccc2O)cc1)(c1ccccc1O)c1ccccc1O. The summed E-state index contributed by atoms with van der Waals surface area (Å²) in [4.78, 5) is 0. The molecule has 4 N–H and O–H groups in total.